The van der Waals surface area contributed by atoms with Gasteiger partial charge < -0.3 is 20.6 Å². The van der Waals surface area contributed by atoms with Gasteiger partial charge >= 0.3 is 0 Å². The molecule has 1 aliphatic carbocycles. The number of likely N-dealkylation sites (N-methyl/N-ethyl adjacent to an activating group) is 1. The highest BCUT2D eigenvalue weighted by atomic mass is 16.3. The van der Waals surface area contributed by atoms with Gasteiger partial charge in [-0.1, -0.05) is 58.1 Å². The van der Waals surface area contributed by atoms with E-state index in [4.69, 9.17) is 0 Å². The van der Waals surface area contributed by atoms with E-state index in [1.807, 2.05) is 12.1 Å². The lowest BCUT2D eigenvalue weighted by Gasteiger charge is -2.46. The van der Waals surface area contributed by atoms with Crippen LogP contribution in [-0.2, 0) is 15.0 Å². The van der Waals surface area contributed by atoms with E-state index in [-0.39, 0.29) is 29.7 Å². The number of benzene rings is 1. The zero-order chi connectivity index (χ0) is 23.1. The van der Waals surface area contributed by atoms with Crippen LogP contribution in [0.15, 0.2) is 24.3 Å². The summed E-state index contributed by atoms with van der Waals surface area (Å²) >= 11 is 0. The molecule has 1 aromatic rings. The average Bonchev–Trinajstić information content (AvgIpc) is 2.80. The van der Waals surface area contributed by atoms with Crippen molar-refractivity contribution in [3.63, 3.8) is 0 Å². The Balaban J connectivity index is 1.64. The first-order valence-corrected chi connectivity index (χ1v) is 12.3. The van der Waals surface area contributed by atoms with Gasteiger partial charge in [0.1, 0.15) is 5.75 Å². The fraction of sp³-hybridized carbons (Fsp3) is 0.692. The Morgan fingerprint density at radius 3 is 2.66 bits per heavy atom. The largest absolute Gasteiger partial charge is 0.508 e. The maximum atomic E-state index is 13.0. The van der Waals surface area contributed by atoms with Crippen molar-refractivity contribution in [2.24, 2.45) is 17.8 Å². The molecule has 1 saturated heterocycles. The molecule has 1 saturated carbocycles. The van der Waals surface area contributed by atoms with Gasteiger partial charge in [-0.2, -0.15) is 0 Å². The minimum Gasteiger partial charge on any atom is -0.508 e. The van der Waals surface area contributed by atoms with Gasteiger partial charge in [0.2, 0.25) is 11.8 Å². The van der Waals surface area contributed by atoms with Gasteiger partial charge in [0, 0.05) is 20.1 Å². The number of likely N-dealkylation sites (tertiary alicyclic amines) is 1. The lowest BCUT2D eigenvalue weighted by atomic mass is 9.68. The Bertz CT molecular complexity index is 777. The Hall–Kier alpha value is -2.08. The van der Waals surface area contributed by atoms with Crippen molar-refractivity contribution in [2.75, 3.05) is 33.2 Å². The third kappa shape index (κ3) is 6.25. The van der Waals surface area contributed by atoms with Crippen LogP contribution in [0.25, 0.3) is 0 Å². The van der Waals surface area contributed by atoms with Crippen LogP contribution >= 0.6 is 0 Å². The number of phenols is 1. The maximum Gasteiger partial charge on any atom is 0.239 e. The summed E-state index contributed by atoms with van der Waals surface area (Å²) in [5.41, 5.74) is 1.20. The first-order chi connectivity index (χ1) is 15.3. The second kappa shape index (κ2) is 11.2. The highest BCUT2D eigenvalue weighted by Gasteiger charge is 2.39. The van der Waals surface area contributed by atoms with E-state index in [9.17, 15) is 14.7 Å². The molecular weight excluding hydrogens is 402 g/mol. The van der Waals surface area contributed by atoms with Crippen molar-refractivity contribution >= 4 is 11.8 Å². The molecule has 3 unspecified atom stereocenters. The lowest BCUT2D eigenvalue weighted by molar-refractivity contribution is -0.129. The van der Waals surface area contributed by atoms with E-state index < -0.39 is 0 Å². The predicted molar refractivity (Wildman–Crippen MR) is 127 cm³/mol. The molecule has 1 aliphatic heterocycles. The predicted octanol–water partition coefficient (Wildman–Crippen LogP) is 3.44. The summed E-state index contributed by atoms with van der Waals surface area (Å²) in [4.78, 5) is 27.1. The molecule has 178 valence electrons. The first-order valence-electron chi connectivity index (χ1n) is 12.3. The summed E-state index contributed by atoms with van der Waals surface area (Å²) in [5, 5.41) is 15.4. The monoisotopic (exact) mass is 443 g/mol. The molecule has 2 amide bonds. The van der Waals surface area contributed by atoms with Gasteiger partial charge in [-0.25, -0.2) is 0 Å². The molecule has 3 rings (SSSR count). The summed E-state index contributed by atoms with van der Waals surface area (Å²) in [6, 6.07) is 7.65. The molecule has 0 spiro atoms. The number of nitrogens with one attached hydrogen (secondary N) is 2. The number of carbonyl (C=O) groups excluding carboxylic acids is 2. The number of aromatic hydroxyl groups is 1. The van der Waals surface area contributed by atoms with Crippen molar-refractivity contribution in [1.29, 1.82) is 0 Å². The number of hydrogen-bond donors (Lipinski definition) is 3. The van der Waals surface area contributed by atoms with Crippen LogP contribution in [0.4, 0.5) is 0 Å². The second-order valence-corrected chi connectivity index (χ2v) is 10.2. The van der Waals surface area contributed by atoms with Crippen molar-refractivity contribution in [2.45, 2.75) is 64.2 Å². The SMILES string of the molecule is CNC(=O)CNC(=O)C(CC1CCCCC1)CN1CCC(C)(c2cccc(O)c2)C(C)C1. The van der Waals surface area contributed by atoms with Gasteiger partial charge in [0.25, 0.3) is 0 Å². The molecule has 2 aliphatic rings. The Kier molecular flexibility index (Phi) is 8.57. The topological polar surface area (TPSA) is 81.7 Å². The quantitative estimate of drug-likeness (QED) is 0.575. The average molecular weight is 444 g/mol. The number of amides is 2. The lowest BCUT2D eigenvalue weighted by Crippen LogP contribution is -2.50. The van der Waals surface area contributed by atoms with Crippen molar-refractivity contribution in [3.8, 4) is 5.75 Å². The zero-order valence-electron chi connectivity index (χ0n) is 20.0. The number of nitrogens with zero attached hydrogens (tertiary/aromatic N) is 1. The molecule has 1 aromatic carbocycles. The molecule has 6 nitrogen and oxygen atoms in total. The third-order valence-corrected chi connectivity index (χ3v) is 7.97. The number of phenolic OH excluding ortho intramolecular Hbond substituents is 1. The fourth-order valence-electron chi connectivity index (χ4n) is 5.57. The molecule has 2 fully saturated rings. The molecular formula is C26H41N3O3. The van der Waals surface area contributed by atoms with Gasteiger partial charge in [0.15, 0.2) is 0 Å². The van der Waals surface area contributed by atoms with Crippen LogP contribution in [0.5, 0.6) is 5.75 Å². The normalized spacial score (nSPS) is 25.8. The molecule has 6 heteroatoms. The number of piperidine rings is 1. The number of rotatable bonds is 8. The zero-order valence-corrected chi connectivity index (χ0v) is 20.0. The molecule has 0 radical (unpaired) electrons. The minimum atomic E-state index is -0.164. The van der Waals surface area contributed by atoms with Crippen molar-refractivity contribution in [3.05, 3.63) is 29.8 Å². The van der Waals surface area contributed by atoms with E-state index >= 15 is 0 Å². The summed E-state index contributed by atoms with van der Waals surface area (Å²) in [6.07, 6.45) is 8.17. The van der Waals surface area contributed by atoms with E-state index in [0.29, 0.717) is 17.6 Å². The van der Waals surface area contributed by atoms with Crippen LogP contribution in [0.1, 0.15) is 64.4 Å². The summed E-state index contributed by atoms with van der Waals surface area (Å²) < 4.78 is 0. The number of hydrogen-bond acceptors (Lipinski definition) is 4. The standard InChI is InChI=1S/C26H41N3O3/c1-19-17-29(13-12-26(19,2)22-10-7-11-23(30)15-22)18-21(14-20-8-5-4-6-9-20)25(32)28-16-24(31)27-3/h7,10-11,15,19-21,30H,4-6,8-9,12-14,16-18H2,1-3H3,(H,27,31)(H,28,32). The molecule has 0 aromatic heterocycles. The Morgan fingerprint density at radius 1 is 1.25 bits per heavy atom. The van der Waals surface area contributed by atoms with Gasteiger partial charge in [-0.05, 0) is 54.3 Å². The van der Waals surface area contributed by atoms with E-state index in [0.717, 1.165) is 32.5 Å². The highest BCUT2D eigenvalue weighted by molar-refractivity contribution is 5.85. The summed E-state index contributed by atoms with van der Waals surface area (Å²) in [7, 11) is 1.59. The second-order valence-electron chi connectivity index (χ2n) is 10.2. The van der Waals surface area contributed by atoms with Gasteiger partial charge in [0.05, 0.1) is 12.5 Å². The molecule has 3 atom stereocenters. The minimum absolute atomic E-state index is 0.00754. The molecule has 1 heterocycles. The van der Waals surface area contributed by atoms with Gasteiger partial charge in [-0.15, -0.1) is 0 Å². The summed E-state index contributed by atoms with van der Waals surface area (Å²) in [6.45, 7) is 7.22. The van der Waals surface area contributed by atoms with E-state index in [1.54, 1.807) is 13.1 Å². The first kappa shape index (κ1) is 24.6. The van der Waals surface area contributed by atoms with Crippen LogP contribution < -0.4 is 10.6 Å². The Morgan fingerprint density at radius 2 is 2.00 bits per heavy atom. The fourth-order valence-corrected chi connectivity index (χ4v) is 5.57. The molecule has 32 heavy (non-hydrogen) atoms. The third-order valence-electron chi connectivity index (χ3n) is 7.97. The van der Waals surface area contributed by atoms with Crippen LogP contribution in [-0.4, -0.2) is 55.0 Å². The van der Waals surface area contributed by atoms with Gasteiger partial charge in [-0.3, -0.25) is 9.59 Å². The molecule has 0 bridgehead atoms. The summed E-state index contributed by atoms with van der Waals surface area (Å²) in [5.74, 6) is 1.09. The number of carbonyl (C=O) groups is 2. The van der Waals surface area contributed by atoms with Crippen LogP contribution in [0, 0.1) is 17.8 Å². The van der Waals surface area contributed by atoms with Crippen LogP contribution in [0.2, 0.25) is 0 Å². The van der Waals surface area contributed by atoms with Crippen molar-refractivity contribution in [1.82, 2.24) is 15.5 Å². The van der Waals surface area contributed by atoms with Crippen molar-refractivity contribution < 1.29 is 14.7 Å². The smallest absolute Gasteiger partial charge is 0.239 e. The highest BCUT2D eigenvalue weighted by Crippen LogP contribution is 2.40. The molecule has 3 N–H and O–H groups in total. The maximum absolute atomic E-state index is 13.0. The van der Waals surface area contributed by atoms with E-state index in [1.165, 1.54) is 37.7 Å². The van der Waals surface area contributed by atoms with Crippen LogP contribution in [0.3, 0.4) is 0 Å². The van der Waals surface area contributed by atoms with E-state index in [2.05, 4.69) is 35.4 Å². The Labute approximate surface area is 193 Å².